The molecule has 4 aromatic rings. The van der Waals surface area contributed by atoms with E-state index in [2.05, 4.69) is 31.1 Å². The number of thiocarbonyl (C=S) groups is 1. The summed E-state index contributed by atoms with van der Waals surface area (Å²) >= 11 is 9.16. The molecule has 2 atom stereocenters. The van der Waals surface area contributed by atoms with Gasteiger partial charge in [0.05, 0.1) is 24.5 Å². The Balaban J connectivity index is 1.53. The molecule has 3 aromatic heterocycles. The van der Waals surface area contributed by atoms with Gasteiger partial charge in [-0.25, -0.2) is 0 Å². The number of rotatable bonds is 5. The molecule has 0 bridgehead atoms. The number of aromatic nitrogens is 1. The topological polar surface area (TPSA) is 54.4 Å². The van der Waals surface area contributed by atoms with Crippen LogP contribution in [0.2, 0.25) is 0 Å². The van der Waals surface area contributed by atoms with Crippen molar-refractivity contribution in [2.24, 2.45) is 0 Å². The van der Waals surface area contributed by atoms with Gasteiger partial charge in [0.25, 0.3) is 0 Å². The zero-order chi connectivity index (χ0) is 20.5. The molecule has 1 aromatic carbocycles. The van der Waals surface area contributed by atoms with Gasteiger partial charge in [-0.3, -0.25) is 4.98 Å². The van der Waals surface area contributed by atoms with Crippen LogP contribution in [0.15, 0.2) is 92.5 Å². The Morgan fingerprint density at radius 1 is 1.03 bits per heavy atom. The molecule has 1 aliphatic rings. The summed E-state index contributed by atoms with van der Waals surface area (Å²) in [5.74, 6) is 2.47. The number of furan rings is 2. The van der Waals surface area contributed by atoms with Crippen LogP contribution in [0.4, 0.5) is 0 Å². The van der Waals surface area contributed by atoms with Crippen LogP contribution in [0.1, 0.15) is 29.3 Å². The summed E-state index contributed by atoms with van der Waals surface area (Å²) in [6.45, 7) is 0.543. The normalized spacial score (nSPS) is 18.6. The molecule has 0 amide bonds. The average molecular weight is 480 g/mol. The third-order valence-electron chi connectivity index (χ3n) is 5.15. The molecule has 1 fully saturated rings. The van der Waals surface area contributed by atoms with Gasteiger partial charge in [-0.15, -0.1) is 0 Å². The first-order chi connectivity index (χ1) is 14.7. The molecule has 1 aliphatic heterocycles. The van der Waals surface area contributed by atoms with E-state index in [0.29, 0.717) is 11.7 Å². The molecule has 30 heavy (non-hydrogen) atoms. The highest BCUT2D eigenvalue weighted by Gasteiger charge is 2.42. The van der Waals surface area contributed by atoms with Crippen molar-refractivity contribution in [1.82, 2.24) is 15.2 Å². The molecule has 0 saturated carbocycles. The largest absolute Gasteiger partial charge is 0.467 e. The molecular weight excluding hydrogens is 462 g/mol. The monoisotopic (exact) mass is 479 g/mol. The zero-order valence-corrected chi connectivity index (χ0v) is 18.3. The van der Waals surface area contributed by atoms with E-state index in [1.54, 1.807) is 12.5 Å². The number of nitrogens with zero attached hydrogens (tertiary/aromatic N) is 2. The van der Waals surface area contributed by atoms with Gasteiger partial charge in [0.1, 0.15) is 23.3 Å². The van der Waals surface area contributed by atoms with Crippen molar-refractivity contribution in [3.8, 4) is 11.3 Å². The lowest BCUT2D eigenvalue weighted by atomic mass is 10.0. The second-order valence-corrected chi connectivity index (χ2v) is 8.35. The molecular formula is C23H18BrN3O2S. The molecule has 0 unspecified atom stereocenters. The highest BCUT2D eigenvalue weighted by atomic mass is 79.9. The Labute approximate surface area is 187 Å². The predicted molar refractivity (Wildman–Crippen MR) is 122 cm³/mol. The van der Waals surface area contributed by atoms with Crippen molar-refractivity contribution in [3.05, 3.63) is 101 Å². The average Bonchev–Trinajstić information content (AvgIpc) is 3.51. The Bertz CT molecular complexity index is 1140. The number of hydrogen-bond donors (Lipinski definition) is 1. The first-order valence-electron chi connectivity index (χ1n) is 9.55. The quantitative estimate of drug-likeness (QED) is 0.361. The number of hydrogen-bond acceptors (Lipinski definition) is 4. The highest BCUT2D eigenvalue weighted by Crippen LogP contribution is 2.41. The second kappa shape index (κ2) is 8.08. The van der Waals surface area contributed by atoms with Gasteiger partial charge in [-0.2, -0.15) is 0 Å². The Hall–Kier alpha value is -2.90. The summed E-state index contributed by atoms with van der Waals surface area (Å²) < 4.78 is 12.9. The molecule has 150 valence electrons. The minimum atomic E-state index is -0.151. The van der Waals surface area contributed by atoms with E-state index in [-0.39, 0.29) is 12.1 Å². The van der Waals surface area contributed by atoms with Gasteiger partial charge >= 0.3 is 0 Å². The van der Waals surface area contributed by atoms with Crippen LogP contribution in [0.25, 0.3) is 11.3 Å². The van der Waals surface area contributed by atoms with E-state index in [0.717, 1.165) is 33.0 Å². The van der Waals surface area contributed by atoms with Gasteiger partial charge in [0.2, 0.25) is 0 Å². The molecule has 0 radical (unpaired) electrons. The van der Waals surface area contributed by atoms with Gasteiger partial charge in [0, 0.05) is 16.2 Å². The third-order valence-corrected chi connectivity index (χ3v) is 6.03. The van der Waals surface area contributed by atoms with E-state index in [9.17, 15) is 0 Å². The SMILES string of the molecule is S=C1N[C@H](c2ccccn2)[C@H](c2ccc(-c3ccc(Br)cc3)o2)N1Cc1ccco1. The maximum atomic E-state index is 6.33. The van der Waals surface area contributed by atoms with Crippen LogP contribution in [0.5, 0.6) is 0 Å². The summed E-state index contributed by atoms with van der Waals surface area (Å²) in [6, 6.07) is 21.5. The first kappa shape index (κ1) is 19.1. The third kappa shape index (κ3) is 3.66. The van der Waals surface area contributed by atoms with Crippen LogP contribution in [0, 0.1) is 0 Å². The molecule has 1 N–H and O–H groups in total. The standard InChI is InChI=1S/C23H18BrN3O2S/c24-16-8-6-15(7-9-16)19-10-11-20(29-19)22-21(18-5-1-2-12-25-18)26-23(30)27(22)14-17-4-3-13-28-17/h1-13,21-22H,14H2,(H,26,30)/t21-,22+/m1/s1. The molecule has 5 nitrogen and oxygen atoms in total. The first-order valence-corrected chi connectivity index (χ1v) is 10.8. The van der Waals surface area contributed by atoms with Crippen molar-refractivity contribution in [2.75, 3.05) is 0 Å². The van der Waals surface area contributed by atoms with Gasteiger partial charge in [-0.1, -0.05) is 34.1 Å². The number of halogens is 1. The van der Waals surface area contributed by atoms with E-state index >= 15 is 0 Å². The molecule has 4 heterocycles. The number of nitrogens with one attached hydrogen (secondary N) is 1. The smallest absolute Gasteiger partial charge is 0.170 e. The molecule has 7 heteroatoms. The minimum absolute atomic E-state index is 0.127. The van der Waals surface area contributed by atoms with E-state index in [1.807, 2.05) is 66.7 Å². The summed E-state index contributed by atoms with van der Waals surface area (Å²) in [4.78, 5) is 6.65. The van der Waals surface area contributed by atoms with Gasteiger partial charge < -0.3 is 19.1 Å². The lowest BCUT2D eigenvalue weighted by Gasteiger charge is -2.25. The summed E-state index contributed by atoms with van der Waals surface area (Å²) in [5.41, 5.74) is 1.93. The van der Waals surface area contributed by atoms with Crippen LogP contribution in [-0.4, -0.2) is 15.0 Å². The maximum Gasteiger partial charge on any atom is 0.170 e. The van der Waals surface area contributed by atoms with Crippen LogP contribution < -0.4 is 5.32 Å². The van der Waals surface area contributed by atoms with Crippen molar-refractivity contribution in [1.29, 1.82) is 0 Å². The fourth-order valence-corrected chi connectivity index (χ4v) is 4.31. The van der Waals surface area contributed by atoms with Crippen molar-refractivity contribution in [3.63, 3.8) is 0 Å². The summed E-state index contributed by atoms with van der Waals surface area (Å²) in [6.07, 6.45) is 3.47. The Morgan fingerprint density at radius 3 is 2.63 bits per heavy atom. The van der Waals surface area contributed by atoms with Crippen molar-refractivity contribution in [2.45, 2.75) is 18.6 Å². The zero-order valence-electron chi connectivity index (χ0n) is 15.9. The van der Waals surface area contributed by atoms with Gasteiger partial charge in [-0.05, 0) is 60.7 Å². The summed E-state index contributed by atoms with van der Waals surface area (Å²) in [5, 5.41) is 4.07. The summed E-state index contributed by atoms with van der Waals surface area (Å²) in [7, 11) is 0. The van der Waals surface area contributed by atoms with E-state index in [4.69, 9.17) is 21.1 Å². The van der Waals surface area contributed by atoms with Gasteiger partial charge in [0.15, 0.2) is 5.11 Å². The fourth-order valence-electron chi connectivity index (χ4n) is 3.74. The fraction of sp³-hybridized carbons (Fsp3) is 0.130. The molecule has 0 spiro atoms. The molecule has 0 aliphatic carbocycles. The van der Waals surface area contributed by atoms with Crippen molar-refractivity contribution < 1.29 is 8.83 Å². The Kier molecular flexibility index (Phi) is 5.14. The lowest BCUT2D eigenvalue weighted by molar-refractivity contribution is 0.253. The van der Waals surface area contributed by atoms with Crippen LogP contribution >= 0.6 is 28.1 Å². The minimum Gasteiger partial charge on any atom is -0.467 e. The second-order valence-electron chi connectivity index (χ2n) is 7.04. The predicted octanol–water partition coefficient (Wildman–Crippen LogP) is 5.87. The van der Waals surface area contributed by atoms with E-state index in [1.165, 1.54) is 0 Å². The van der Waals surface area contributed by atoms with Crippen molar-refractivity contribution >= 4 is 33.3 Å². The lowest BCUT2D eigenvalue weighted by Crippen LogP contribution is -2.28. The molecule has 1 saturated heterocycles. The van der Waals surface area contributed by atoms with Crippen LogP contribution in [-0.2, 0) is 6.54 Å². The Morgan fingerprint density at radius 2 is 1.90 bits per heavy atom. The van der Waals surface area contributed by atoms with E-state index < -0.39 is 0 Å². The number of pyridine rings is 1. The maximum absolute atomic E-state index is 6.33. The highest BCUT2D eigenvalue weighted by molar-refractivity contribution is 9.10. The number of benzene rings is 1. The van der Waals surface area contributed by atoms with Crippen LogP contribution in [0.3, 0.4) is 0 Å². The molecule has 5 rings (SSSR count).